The second kappa shape index (κ2) is 13.9. The van der Waals surface area contributed by atoms with Crippen molar-refractivity contribution in [2.24, 2.45) is 0 Å². The van der Waals surface area contributed by atoms with Gasteiger partial charge in [-0.2, -0.15) is 26.3 Å². The lowest BCUT2D eigenvalue weighted by Crippen LogP contribution is -2.52. The highest BCUT2D eigenvalue weighted by Gasteiger charge is 2.42. The lowest BCUT2D eigenvalue weighted by molar-refractivity contribution is -0.142. The van der Waals surface area contributed by atoms with E-state index in [-0.39, 0.29) is 31.2 Å². The van der Waals surface area contributed by atoms with Crippen LogP contribution in [0.3, 0.4) is 0 Å². The van der Waals surface area contributed by atoms with Gasteiger partial charge < -0.3 is 30.1 Å². The molecule has 1 aromatic carbocycles. The number of likely N-dealkylation sites (tertiary alicyclic amines) is 3. The molecule has 1 atom stereocenters. The van der Waals surface area contributed by atoms with Crippen LogP contribution in [0.2, 0.25) is 0 Å². The monoisotopic (exact) mass is 716 g/mol. The minimum Gasteiger partial charge on any atom is -0.436 e. The largest absolute Gasteiger partial charge is 0.436 e. The molecule has 0 spiro atoms. The second-order valence-corrected chi connectivity index (χ2v) is 13.9. The molecule has 3 fully saturated rings. The van der Waals surface area contributed by atoms with E-state index in [1.807, 2.05) is 11.4 Å². The molecule has 17 heteroatoms. The van der Waals surface area contributed by atoms with Gasteiger partial charge >= 0.3 is 24.5 Å². The summed E-state index contributed by atoms with van der Waals surface area (Å²) in [5, 5.41) is 5.55. The first-order chi connectivity index (χ1) is 23.2. The van der Waals surface area contributed by atoms with Gasteiger partial charge in [-0.05, 0) is 80.8 Å². The van der Waals surface area contributed by atoms with E-state index in [1.165, 1.54) is 21.1 Å². The number of nitrogen functional groups attached to an aromatic ring is 1. The average Bonchev–Trinajstić information content (AvgIpc) is 3.76. The molecule has 2 aromatic rings. The number of piperidine rings is 2. The quantitative estimate of drug-likeness (QED) is 0.280. The maximum Gasteiger partial charge on any atom is 0.418 e. The van der Waals surface area contributed by atoms with Crippen LogP contribution >= 0.6 is 11.3 Å². The highest BCUT2D eigenvalue weighted by atomic mass is 32.1. The summed E-state index contributed by atoms with van der Waals surface area (Å²) in [6, 6.07) is 2.74. The van der Waals surface area contributed by atoms with E-state index in [0.29, 0.717) is 57.5 Å². The van der Waals surface area contributed by atoms with Crippen molar-refractivity contribution in [3.8, 4) is 0 Å². The molecule has 0 bridgehead atoms. The molecule has 268 valence electrons. The lowest BCUT2D eigenvalue weighted by Gasteiger charge is -2.40. The third-order valence-corrected chi connectivity index (χ3v) is 10.8. The number of fused-ring (bicyclic) bond motifs is 1. The zero-order valence-electron chi connectivity index (χ0n) is 26.6. The molecule has 0 radical (unpaired) electrons. The number of thiophene rings is 1. The van der Waals surface area contributed by atoms with Crippen LogP contribution in [0.5, 0.6) is 0 Å². The smallest absolute Gasteiger partial charge is 0.418 e. The molecule has 0 aliphatic carbocycles. The molecule has 0 unspecified atom stereocenters. The van der Waals surface area contributed by atoms with Crippen LogP contribution in [-0.4, -0.2) is 95.1 Å². The summed E-state index contributed by atoms with van der Waals surface area (Å²) in [6.45, 7) is 3.32. The molecule has 4 amide bonds. The zero-order chi connectivity index (χ0) is 35.1. The molecule has 49 heavy (non-hydrogen) atoms. The highest BCUT2D eigenvalue weighted by molar-refractivity contribution is 7.14. The van der Waals surface area contributed by atoms with Crippen LogP contribution in [-0.2, 0) is 34.8 Å². The summed E-state index contributed by atoms with van der Waals surface area (Å²) in [5.74, 6) is -0.682. The van der Waals surface area contributed by atoms with Gasteiger partial charge in [0.25, 0.3) is 5.91 Å². The Hall–Kier alpha value is -3.73. The van der Waals surface area contributed by atoms with Crippen molar-refractivity contribution < 1.29 is 45.5 Å². The summed E-state index contributed by atoms with van der Waals surface area (Å²) in [6.07, 6.45) is -9.39. The number of hydrogen-bond acceptors (Lipinski definition) is 7. The van der Waals surface area contributed by atoms with Gasteiger partial charge in [-0.3, -0.25) is 10.1 Å². The Labute approximate surface area is 283 Å². The molecule has 5 heterocycles. The van der Waals surface area contributed by atoms with Gasteiger partial charge in [0.05, 0.1) is 23.4 Å². The minimum absolute atomic E-state index is 0.171. The molecular formula is C32H38F6N6O4S. The number of urea groups is 1. The van der Waals surface area contributed by atoms with Crippen LogP contribution in [0.25, 0.3) is 0 Å². The Balaban J connectivity index is 1.18. The van der Waals surface area contributed by atoms with Crippen molar-refractivity contribution in [2.45, 2.75) is 82.0 Å². The number of nitrogens with zero attached hydrogens (tertiary/aromatic N) is 4. The number of ether oxygens (including phenoxy) is 1. The molecule has 4 aliphatic rings. The van der Waals surface area contributed by atoms with Gasteiger partial charge in [-0.1, -0.05) is 0 Å². The van der Waals surface area contributed by atoms with Crippen molar-refractivity contribution in [2.75, 3.05) is 50.3 Å². The van der Waals surface area contributed by atoms with Crippen molar-refractivity contribution in [1.29, 1.82) is 0 Å². The lowest BCUT2D eigenvalue weighted by atomic mass is 9.97. The molecule has 3 N–H and O–H groups in total. The number of nitrogens with two attached hydrogens (primary N) is 1. The Morgan fingerprint density at radius 3 is 2.06 bits per heavy atom. The van der Waals surface area contributed by atoms with E-state index >= 15 is 0 Å². The summed E-state index contributed by atoms with van der Waals surface area (Å²) < 4.78 is 88.5. The molecular weight excluding hydrogens is 678 g/mol. The molecule has 10 nitrogen and oxygen atoms in total. The van der Waals surface area contributed by atoms with Crippen molar-refractivity contribution in [3.63, 3.8) is 0 Å². The predicted molar refractivity (Wildman–Crippen MR) is 169 cm³/mol. The summed E-state index contributed by atoms with van der Waals surface area (Å²) in [4.78, 5) is 46.9. The van der Waals surface area contributed by atoms with Crippen molar-refractivity contribution in [1.82, 2.24) is 19.6 Å². The number of nitrogens with one attached hydrogen (secondary N) is 1. The van der Waals surface area contributed by atoms with E-state index in [0.717, 1.165) is 36.5 Å². The fourth-order valence-corrected chi connectivity index (χ4v) is 8.10. The van der Waals surface area contributed by atoms with Gasteiger partial charge in [-0.15, -0.1) is 11.3 Å². The fraction of sp³-hybridized carbons (Fsp3) is 0.594. The maximum atomic E-state index is 13.8. The minimum atomic E-state index is -5.20. The number of amides is 4. The third kappa shape index (κ3) is 7.71. The number of halogens is 6. The Morgan fingerprint density at radius 2 is 1.47 bits per heavy atom. The highest BCUT2D eigenvalue weighted by Crippen LogP contribution is 2.42. The Kier molecular flexibility index (Phi) is 9.95. The molecule has 1 aromatic heterocycles. The van der Waals surface area contributed by atoms with E-state index in [1.54, 1.807) is 4.90 Å². The first-order valence-electron chi connectivity index (χ1n) is 16.4. The van der Waals surface area contributed by atoms with Gasteiger partial charge in [0.2, 0.25) is 0 Å². The first-order valence-corrected chi connectivity index (χ1v) is 17.3. The van der Waals surface area contributed by atoms with Crippen LogP contribution < -0.4 is 11.1 Å². The number of alkyl halides is 6. The van der Waals surface area contributed by atoms with Crippen LogP contribution in [0, 0.1) is 0 Å². The topological polar surface area (TPSA) is 111 Å². The number of rotatable bonds is 6. The summed E-state index contributed by atoms with van der Waals surface area (Å²) in [5.41, 5.74) is 0.998. The average molecular weight is 717 g/mol. The second-order valence-electron chi connectivity index (χ2n) is 13.0. The number of benzene rings is 1. The Bertz CT molecular complexity index is 1510. The van der Waals surface area contributed by atoms with E-state index in [9.17, 15) is 40.7 Å². The maximum absolute atomic E-state index is 13.8. The standard InChI is InChI=1S/C32H38F6N6O4S/c33-31(34,35)23-15-19(16-24(26(23)39)32(36,37)38)17-25(28(45)42-10-3-21(4-11-42)41-8-1-2-9-41)48-30(47)43-12-5-22(6-13-43)44-18-20-7-14-49-27(20)40-29(44)46/h7,14-16,21-22,25H,1-6,8-13,17-18,39H2,(H,40,46)/t25-/m1/s1. The van der Waals surface area contributed by atoms with Crippen LogP contribution in [0.15, 0.2) is 23.6 Å². The normalized spacial score (nSPS) is 20.7. The fourth-order valence-electron chi connectivity index (χ4n) is 7.30. The summed E-state index contributed by atoms with van der Waals surface area (Å²) in [7, 11) is 0. The van der Waals surface area contributed by atoms with E-state index in [2.05, 4.69) is 10.2 Å². The van der Waals surface area contributed by atoms with E-state index < -0.39 is 59.3 Å². The molecule has 0 saturated carbocycles. The van der Waals surface area contributed by atoms with Gasteiger partial charge in [0.1, 0.15) is 5.00 Å². The van der Waals surface area contributed by atoms with Gasteiger partial charge in [-0.25, -0.2) is 9.59 Å². The Morgan fingerprint density at radius 1 is 0.898 bits per heavy atom. The molecule has 3 saturated heterocycles. The third-order valence-electron chi connectivity index (χ3n) is 9.96. The first kappa shape index (κ1) is 35.1. The van der Waals surface area contributed by atoms with Crippen molar-refractivity contribution in [3.05, 3.63) is 45.8 Å². The molecule has 6 rings (SSSR count). The number of anilines is 2. The molecule has 4 aliphatic heterocycles. The van der Waals surface area contributed by atoms with Crippen LogP contribution in [0.1, 0.15) is 60.8 Å². The summed E-state index contributed by atoms with van der Waals surface area (Å²) >= 11 is 1.43. The predicted octanol–water partition coefficient (Wildman–Crippen LogP) is 6.01. The van der Waals surface area contributed by atoms with E-state index in [4.69, 9.17) is 10.5 Å². The number of hydrogen-bond donors (Lipinski definition) is 2. The number of carbonyl (C=O) groups excluding carboxylic acids is 3. The number of carbonyl (C=O) groups is 3. The van der Waals surface area contributed by atoms with Crippen molar-refractivity contribution >= 4 is 40.1 Å². The zero-order valence-corrected chi connectivity index (χ0v) is 27.4. The van der Waals surface area contributed by atoms with Gasteiger partial charge in [0.15, 0.2) is 6.10 Å². The van der Waals surface area contributed by atoms with Crippen LogP contribution in [0.4, 0.5) is 46.6 Å². The van der Waals surface area contributed by atoms with Gasteiger partial charge in [0, 0.05) is 50.2 Å². The SMILES string of the molecule is Nc1c(C(F)(F)F)cc(C[C@@H](OC(=O)N2CCC(N3Cc4ccsc4NC3=O)CC2)C(=O)N2CCC(N3CCCC3)CC2)cc1C(F)(F)F.